The quantitative estimate of drug-likeness (QED) is 0.552. The Bertz CT molecular complexity index is 1290. The van der Waals surface area contributed by atoms with Crippen molar-refractivity contribution in [2.24, 2.45) is 0 Å². The summed E-state index contributed by atoms with van der Waals surface area (Å²) in [6, 6.07) is 15.3. The van der Waals surface area contributed by atoms with E-state index in [9.17, 15) is 9.59 Å². The van der Waals surface area contributed by atoms with Crippen molar-refractivity contribution in [1.29, 1.82) is 0 Å². The Morgan fingerprint density at radius 2 is 1.87 bits per heavy atom. The monoisotopic (exact) mass is 415 g/mol. The summed E-state index contributed by atoms with van der Waals surface area (Å²) in [6.07, 6.45) is 3.09. The molecule has 0 spiro atoms. The largest absolute Gasteiger partial charge is 0.340 e. The molecule has 4 aromatic rings. The number of rotatable bonds is 4. The topological polar surface area (TPSA) is 83.9 Å². The molecule has 158 valence electrons. The SMILES string of the molecule is CCn1nc(CC(=O)N2CCCCC2c2nc3ccccc3[nH]2)c2ccccc2c1=O. The molecule has 2 aromatic carbocycles. The first-order chi connectivity index (χ1) is 15.2. The van der Waals surface area contributed by atoms with Gasteiger partial charge in [0.15, 0.2) is 0 Å². The van der Waals surface area contributed by atoms with Crippen LogP contribution in [0.25, 0.3) is 21.8 Å². The third-order valence-corrected chi connectivity index (χ3v) is 6.11. The lowest BCUT2D eigenvalue weighted by molar-refractivity contribution is -0.134. The van der Waals surface area contributed by atoms with Crippen LogP contribution in [0.3, 0.4) is 0 Å². The van der Waals surface area contributed by atoms with Gasteiger partial charge in [-0.05, 0) is 44.4 Å². The molecule has 2 aromatic heterocycles. The molecule has 7 nitrogen and oxygen atoms in total. The smallest absolute Gasteiger partial charge is 0.274 e. The number of H-pyrrole nitrogens is 1. The number of piperidine rings is 1. The minimum absolute atomic E-state index is 0.0177. The van der Waals surface area contributed by atoms with Gasteiger partial charge in [0.25, 0.3) is 5.56 Å². The fourth-order valence-corrected chi connectivity index (χ4v) is 4.54. The van der Waals surface area contributed by atoms with Gasteiger partial charge >= 0.3 is 0 Å². The molecule has 1 unspecified atom stereocenters. The third kappa shape index (κ3) is 3.50. The lowest BCUT2D eigenvalue weighted by Crippen LogP contribution is -2.40. The fourth-order valence-electron chi connectivity index (χ4n) is 4.54. The lowest BCUT2D eigenvalue weighted by atomic mass is 10.00. The van der Waals surface area contributed by atoms with Crippen molar-refractivity contribution >= 4 is 27.7 Å². The number of fused-ring (bicyclic) bond motifs is 2. The molecule has 3 heterocycles. The van der Waals surface area contributed by atoms with E-state index in [1.165, 1.54) is 4.68 Å². The molecule has 1 atom stereocenters. The average Bonchev–Trinajstić information content (AvgIpc) is 3.25. The highest BCUT2D eigenvalue weighted by Crippen LogP contribution is 2.31. The Morgan fingerprint density at radius 3 is 2.68 bits per heavy atom. The second-order valence-corrected chi connectivity index (χ2v) is 8.03. The van der Waals surface area contributed by atoms with Crippen LogP contribution in [0.4, 0.5) is 0 Å². The number of hydrogen-bond acceptors (Lipinski definition) is 4. The first kappa shape index (κ1) is 19.5. The lowest BCUT2D eigenvalue weighted by Gasteiger charge is -2.34. The Kier molecular flexibility index (Phi) is 5.02. The van der Waals surface area contributed by atoms with Crippen molar-refractivity contribution < 1.29 is 4.79 Å². The van der Waals surface area contributed by atoms with Crippen LogP contribution in [0.5, 0.6) is 0 Å². The van der Waals surface area contributed by atoms with Gasteiger partial charge in [-0.1, -0.05) is 30.3 Å². The summed E-state index contributed by atoms with van der Waals surface area (Å²) < 4.78 is 1.44. The number of nitrogens with zero attached hydrogens (tertiary/aromatic N) is 4. The first-order valence-corrected chi connectivity index (χ1v) is 10.9. The number of aromatic nitrogens is 4. The Morgan fingerprint density at radius 1 is 1.10 bits per heavy atom. The molecule has 0 radical (unpaired) electrons. The molecule has 0 saturated carbocycles. The van der Waals surface area contributed by atoms with E-state index in [-0.39, 0.29) is 23.9 Å². The Hall–Kier alpha value is -3.48. The van der Waals surface area contributed by atoms with Gasteiger partial charge in [-0.25, -0.2) is 9.67 Å². The molecule has 5 rings (SSSR count). The van der Waals surface area contributed by atoms with Crippen molar-refractivity contribution in [1.82, 2.24) is 24.6 Å². The molecule has 0 aliphatic carbocycles. The predicted molar refractivity (Wildman–Crippen MR) is 120 cm³/mol. The van der Waals surface area contributed by atoms with E-state index in [0.717, 1.165) is 41.5 Å². The second-order valence-electron chi connectivity index (χ2n) is 8.03. The van der Waals surface area contributed by atoms with Gasteiger partial charge in [0.2, 0.25) is 5.91 Å². The summed E-state index contributed by atoms with van der Waals surface area (Å²) in [4.78, 5) is 36.2. The molecular weight excluding hydrogens is 390 g/mol. The molecule has 1 aliphatic rings. The van der Waals surface area contributed by atoms with Crippen LogP contribution in [0.1, 0.15) is 43.7 Å². The van der Waals surface area contributed by atoms with E-state index < -0.39 is 0 Å². The number of aromatic amines is 1. The first-order valence-electron chi connectivity index (χ1n) is 10.9. The zero-order valence-corrected chi connectivity index (χ0v) is 17.5. The Labute approximate surface area is 179 Å². The number of nitrogens with one attached hydrogen (secondary N) is 1. The zero-order chi connectivity index (χ0) is 21.4. The zero-order valence-electron chi connectivity index (χ0n) is 17.5. The second kappa shape index (κ2) is 7.98. The van der Waals surface area contributed by atoms with E-state index in [1.807, 2.05) is 54.3 Å². The minimum Gasteiger partial charge on any atom is -0.340 e. The summed E-state index contributed by atoms with van der Waals surface area (Å²) >= 11 is 0. The molecule has 1 fully saturated rings. The van der Waals surface area contributed by atoms with E-state index in [1.54, 1.807) is 6.07 Å². The third-order valence-electron chi connectivity index (χ3n) is 6.11. The van der Waals surface area contributed by atoms with Crippen LogP contribution in [-0.4, -0.2) is 37.1 Å². The minimum atomic E-state index is -0.118. The van der Waals surface area contributed by atoms with E-state index >= 15 is 0 Å². The summed E-state index contributed by atoms with van der Waals surface area (Å²) in [7, 11) is 0. The number of imidazole rings is 1. The summed E-state index contributed by atoms with van der Waals surface area (Å²) in [6.45, 7) is 3.05. The number of carbonyl (C=O) groups excluding carboxylic acids is 1. The van der Waals surface area contributed by atoms with Crippen LogP contribution in [0, 0.1) is 0 Å². The fraction of sp³-hybridized carbons (Fsp3) is 0.333. The van der Waals surface area contributed by atoms with Crippen LogP contribution >= 0.6 is 0 Å². The summed E-state index contributed by atoms with van der Waals surface area (Å²) in [5.41, 5.74) is 2.43. The maximum atomic E-state index is 13.5. The Balaban J connectivity index is 1.49. The summed E-state index contributed by atoms with van der Waals surface area (Å²) in [5.74, 6) is 0.856. The number of carbonyl (C=O) groups is 1. The highest BCUT2D eigenvalue weighted by atomic mass is 16.2. The van der Waals surface area contributed by atoms with Gasteiger partial charge < -0.3 is 9.88 Å². The molecular formula is C24H25N5O2. The van der Waals surface area contributed by atoms with Crippen LogP contribution in [0.15, 0.2) is 53.3 Å². The number of para-hydroxylation sites is 2. The van der Waals surface area contributed by atoms with Crippen LogP contribution in [-0.2, 0) is 17.8 Å². The van der Waals surface area contributed by atoms with E-state index in [2.05, 4.69) is 10.1 Å². The van der Waals surface area contributed by atoms with E-state index in [0.29, 0.717) is 24.2 Å². The van der Waals surface area contributed by atoms with Gasteiger partial charge in [-0.3, -0.25) is 9.59 Å². The van der Waals surface area contributed by atoms with Crippen molar-refractivity contribution in [3.63, 3.8) is 0 Å². The van der Waals surface area contributed by atoms with Gasteiger partial charge in [0.1, 0.15) is 5.82 Å². The van der Waals surface area contributed by atoms with Gasteiger partial charge in [-0.15, -0.1) is 0 Å². The molecule has 1 amide bonds. The number of aryl methyl sites for hydroxylation is 1. The molecule has 7 heteroatoms. The number of likely N-dealkylation sites (tertiary alicyclic amines) is 1. The molecule has 1 N–H and O–H groups in total. The maximum absolute atomic E-state index is 13.5. The summed E-state index contributed by atoms with van der Waals surface area (Å²) in [5, 5.41) is 5.88. The van der Waals surface area contributed by atoms with Crippen molar-refractivity contribution in [3.8, 4) is 0 Å². The van der Waals surface area contributed by atoms with Crippen LogP contribution < -0.4 is 5.56 Å². The molecule has 1 aliphatic heterocycles. The van der Waals surface area contributed by atoms with Gasteiger partial charge in [-0.2, -0.15) is 5.10 Å². The molecule has 0 bridgehead atoms. The highest BCUT2D eigenvalue weighted by molar-refractivity contribution is 5.88. The predicted octanol–water partition coefficient (Wildman–Crippen LogP) is 3.59. The molecule has 31 heavy (non-hydrogen) atoms. The van der Waals surface area contributed by atoms with E-state index in [4.69, 9.17) is 4.98 Å². The standard InChI is InChI=1S/C24H25N5O2/c1-2-29-24(31)17-10-4-3-9-16(17)20(27-29)15-22(30)28-14-8-7-13-21(28)23-25-18-11-5-6-12-19(18)26-23/h3-6,9-12,21H,2,7-8,13-15H2,1H3,(H,25,26). The van der Waals surface area contributed by atoms with Crippen molar-refractivity contribution in [2.45, 2.75) is 45.2 Å². The van der Waals surface area contributed by atoms with Crippen molar-refractivity contribution in [3.05, 3.63) is 70.4 Å². The van der Waals surface area contributed by atoms with Crippen molar-refractivity contribution in [2.75, 3.05) is 6.54 Å². The van der Waals surface area contributed by atoms with Gasteiger partial charge in [0, 0.05) is 18.5 Å². The highest BCUT2D eigenvalue weighted by Gasteiger charge is 2.30. The molecule has 1 saturated heterocycles. The number of benzene rings is 2. The normalized spacial score (nSPS) is 16.8. The number of hydrogen-bond donors (Lipinski definition) is 1. The van der Waals surface area contributed by atoms with Crippen LogP contribution in [0.2, 0.25) is 0 Å². The van der Waals surface area contributed by atoms with Gasteiger partial charge in [0.05, 0.1) is 34.6 Å². The maximum Gasteiger partial charge on any atom is 0.274 e. The number of amides is 1. The average molecular weight is 415 g/mol.